The third-order valence-electron chi connectivity index (χ3n) is 7.50. The number of aryl methyl sites for hydroxylation is 1. The topological polar surface area (TPSA) is 62.6 Å². The van der Waals surface area contributed by atoms with Gasteiger partial charge < -0.3 is 14.6 Å². The van der Waals surface area contributed by atoms with Crippen LogP contribution in [0, 0.1) is 12.8 Å². The van der Waals surface area contributed by atoms with Crippen LogP contribution >= 0.6 is 15.9 Å². The van der Waals surface area contributed by atoms with Crippen LogP contribution in [0.5, 0.6) is 0 Å². The first kappa shape index (κ1) is 23.2. The molecule has 8 heteroatoms. The average molecular weight is 553 g/mol. The van der Waals surface area contributed by atoms with E-state index in [2.05, 4.69) is 21.2 Å². The molecule has 3 fully saturated rings. The molecule has 1 N–H and O–H groups in total. The maximum Gasteiger partial charge on any atom is 0.255 e. The summed E-state index contributed by atoms with van der Waals surface area (Å²) in [6, 6.07) is 16.1. The summed E-state index contributed by atoms with van der Waals surface area (Å²) in [5.74, 6) is -5.23. The predicted molar refractivity (Wildman–Crippen MR) is 137 cm³/mol. The SMILES string of the molecule is Cc1cc(Br)ccc1C(=O)N1C2CCC([C@@H]1C(=O)Nc1ccc3oc4ccccc4c3c1)C(F)(F)C2. The quantitative estimate of drug-likeness (QED) is 0.300. The van der Waals surface area contributed by atoms with Crippen molar-refractivity contribution in [2.75, 3.05) is 5.32 Å². The first-order valence-corrected chi connectivity index (χ1v) is 12.7. The van der Waals surface area contributed by atoms with E-state index in [0.29, 0.717) is 23.3 Å². The zero-order valence-corrected chi connectivity index (χ0v) is 21.0. The third-order valence-corrected chi connectivity index (χ3v) is 7.99. The molecule has 2 amide bonds. The summed E-state index contributed by atoms with van der Waals surface area (Å²) in [6.45, 7) is 1.80. The van der Waals surface area contributed by atoms with E-state index < -0.39 is 36.3 Å². The fraction of sp³-hybridized carbons (Fsp3) is 0.286. The summed E-state index contributed by atoms with van der Waals surface area (Å²) in [6.07, 6.45) is 0.234. The Morgan fingerprint density at radius 3 is 2.58 bits per heavy atom. The normalized spacial score (nSPS) is 22.8. The molecule has 1 saturated carbocycles. The number of halogens is 3. The summed E-state index contributed by atoms with van der Waals surface area (Å²) in [5, 5.41) is 4.54. The Hall–Kier alpha value is -3.26. The van der Waals surface area contributed by atoms with E-state index in [9.17, 15) is 9.59 Å². The number of alkyl halides is 2. The smallest absolute Gasteiger partial charge is 0.255 e. The zero-order valence-electron chi connectivity index (χ0n) is 19.4. The Morgan fingerprint density at radius 1 is 1.03 bits per heavy atom. The average Bonchev–Trinajstić information content (AvgIpc) is 3.21. The van der Waals surface area contributed by atoms with Crippen molar-refractivity contribution in [3.63, 3.8) is 0 Å². The highest BCUT2D eigenvalue weighted by Crippen LogP contribution is 2.49. The Bertz CT molecular complexity index is 1530. The molecule has 3 heterocycles. The molecule has 184 valence electrons. The molecule has 1 aliphatic carbocycles. The lowest BCUT2D eigenvalue weighted by molar-refractivity contribution is -0.176. The highest BCUT2D eigenvalue weighted by Gasteiger charge is 2.60. The molecule has 2 bridgehead atoms. The number of carbonyl (C=O) groups is 2. The van der Waals surface area contributed by atoms with Crippen LogP contribution in [0.3, 0.4) is 0 Å². The second-order valence-corrected chi connectivity index (χ2v) is 10.6. The number of hydrogen-bond donors (Lipinski definition) is 1. The molecule has 3 aromatic carbocycles. The van der Waals surface area contributed by atoms with E-state index in [-0.39, 0.29) is 12.3 Å². The van der Waals surface area contributed by atoms with Crippen LogP contribution in [0.2, 0.25) is 0 Å². The molecule has 4 aromatic rings. The minimum atomic E-state index is -3.01. The van der Waals surface area contributed by atoms with Gasteiger partial charge in [-0.25, -0.2) is 8.78 Å². The number of amides is 2. The number of fused-ring (bicyclic) bond motifs is 6. The lowest BCUT2D eigenvalue weighted by Crippen LogP contribution is -2.67. The lowest BCUT2D eigenvalue weighted by Gasteiger charge is -2.53. The number of rotatable bonds is 3. The van der Waals surface area contributed by atoms with E-state index >= 15 is 8.78 Å². The molecule has 1 aromatic heterocycles. The van der Waals surface area contributed by atoms with Crippen LogP contribution in [-0.2, 0) is 4.79 Å². The van der Waals surface area contributed by atoms with Gasteiger partial charge in [0.15, 0.2) is 0 Å². The fourth-order valence-electron chi connectivity index (χ4n) is 5.83. The first-order valence-electron chi connectivity index (χ1n) is 11.9. The van der Waals surface area contributed by atoms with Gasteiger partial charge in [0.1, 0.15) is 17.2 Å². The summed E-state index contributed by atoms with van der Waals surface area (Å²) in [7, 11) is 0. The van der Waals surface area contributed by atoms with Crippen LogP contribution in [0.15, 0.2) is 69.6 Å². The van der Waals surface area contributed by atoms with Crippen molar-refractivity contribution < 1.29 is 22.8 Å². The van der Waals surface area contributed by atoms with Gasteiger partial charge in [-0.3, -0.25) is 9.59 Å². The molecule has 0 radical (unpaired) electrons. The third kappa shape index (κ3) is 3.70. The lowest BCUT2D eigenvalue weighted by atomic mass is 9.71. The van der Waals surface area contributed by atoms with E-state index in [1.54, 1.807) is 37.3 Å². The van der Waals surface area contributed by atoms with Gasteiger partial charge in [0.25, 0.3) is 11.8 Å². The number of benzene rings is 3. The van der Waals surface area contributed by atoms with Gasteiger partial charge in [0, 0.05) is 39.0 Å². The van der Waals surface area contributed by atoms with Crippen LogP contribution < -0.4 is 5.32 Å². The summed E-state index contributed by atoms with van der Waals surface area (Å²) >= 11 is 3.40. The standard InChI is InChI=1S/C28H23BrF2N2O3/c1-15-12-16(29)6-9-19(15)27(35)33-18-8-10-22(28(30,31)14-18)25(33)26(34)32-17-7-11-24-21(13-17)20-4-2-3-5-23(20)36-24/h2-7,9,11-13,18,22,25H,8,10,14H2,1H3,(H,32,34)/t18?,22?,25-/m1/s1. The van der Waals surface area contributed by atoms with E-state index in [0.717, 1.165) is 26.4 Å². The van der Waals surface area contributed by atoms with Crippen molar-refractivity contribution in [1.82, 2.24) is 4.90 Å². The summed E-state index contributed by atoms with van der Waals surface area (Å²) in [4.78, 5) is 28.7. The van der Waals surface area contributed by atoms with Gasteiger partial charge in [-0.05, 0) is 67.8 Å². The van der Waals surface area contributed by atoms with Gasteiger partial charge in [0.05, 0.1) is 5.92 Å². The highest BCUT2D eigenvalue weighted by molar-refractivity contribution is 9.10. The maximum absolute atomic E-state index is 15.0. The number of furan rings is 1. The molecular weight excluding hydrogens is 530 g/mol. The molecule has 2 aliphatic heterocycles. The fourth-order valence-corrected chi connectivity index (χ4v) is 6.30. The Morgan fingerprint density at radius 2 is 1.81 bits per heavy atom. The van der Waals surface area contributed by atoms with Crippen molar-refractivity contribution in [2.45, 2.75) is 44.2 Å². The second kappa shape index (κ2) is 8.40. The van der Waals surface area contributed by atoms with Gasteiger partial charge in [-0.1, -0.05) is 34.1 Å². The predicted octanol–water partition coefficient (Wildman–Crippen LogP) is 6.92. The molecular formula is C28H23BrF2N2O3. The molecule has 2 unspecified atom stereocenters. The molecule has 3 atom stereocenters. The maximum atomic E-state index is 15.0. The van der Waals surface area contributed by atoms with E-state index in [1.807, 2.05) is 30.3 Å². The molecule has 7 rings (SSSR count). The Balaban J connectivity index is 1.36. The largest absolute Gasteiger partial charge is 0.456 e. The van der Waals surface area contributed by atoms with Crippen LogP contribution in [0.25, 0.3) is 21.9 Å². The molecule has 2 saturated heterocycles. The molecule has 5 nitrogen and oxygen atoms in total. The van der Waals surface area contributed by atoms with Gasteiger partial charge >= 0.3 is 0 Å². The van der Waals surface area contributed by atoms with Gasteiger partial charge in [0.2, 0.25) is 5.91 Å². The van der Waals surface area contributed by atoms with Crippen molar-refractivity contribution in [3.8, 4) is 0 Å². The van der Waals surface area contributed by atoms with Crippen molar-refractivity contribution in [2.24, 2.45) is 5.92 Å². The minimum Gasteiger partial charge on any atom is -0.456 e. The Labute approximate surface area is 214 Å². The number of carbonyl (C=O) groups excluding carboxylic acids is 2. The Kier molecular flexibility index (Phi) is 5.41. The van der Waals surface area contributed by atoms with E-state index in [4.69, 9.17) is 4.42 Å². The number of anilines is 1. The second-order valence-electron chi connectivity index (χ2n) is 9.72. The molecule has 3 aliphatic rings. The minimum absolute atomic E-state index is 0.199. The molecule has 36 heavy (non-hydrogen) atoms. The van der Waals surface area contributed by atoms with Crippen molar-refractivity contribution in [3.05, 3.63) is 76.3 Å². The number of para-hydroxylation sites is 1. The first-order chi connectivity index (χ1) is 17.2. The van der Waals surface area contributed by atoms with E-state index in [1.165, 1.54) is 4.90 Å². The monoisotopic (exact) mass is 552 g/mol. The molecule has 0 spiro atoms. The van der Waals surface area contributed by atoms with Crippen molar-refractivity contribution >= 4 is 55.4 Å². The number of nitrogens with one attached hydrogen (secondary N) is 1. The van der Waals surface area contributed by atoms with Gasteiger partial charge in [-0.15, -0.1) is 0 Å². The number of nitrogens with zero attached hydrogens (tertiary/aromatic N) is 1. The van der Waals surface area contributed by atoms with Crippen LogP contribution in [-0.4, -0.2) is 34.7 Å². The van der Waals surface area contributed by atoms with Crippen LogP contribution in [0.4, 0.5) is 14.5 Å². The van der Waals surface area contributed by atoms with Gasteiger partial charge in [-0.2, -0.15) is 0 Å². The van der Waals surface area contributed by atoms with Crippen LogP contribution in [0.1, 0.15) is 35.2 Å². The number of piperidine rings is 2. The zero-order chi connectivity index (χ0) is 25.2. The van der Waals surface area contributed by atoms with Crippen molar-refractivity contribution in [1.29, 1.82) is 0 Å². The summed E-state index contributed by atoms with van der Waals surface area (Å²) in [5.41, 5.74) is 3.00. The summed E-state index contributed by atoms with van der Waals surface area (Å²) < 4.78 is 36.7. The highest BCUT2D eigenvalue weighted by atomic mass is 79.9. The number of hydrogen-bond acceptors (Lipinski definition) is 3.